The van der Waals surface area contributed by atoms with E-state index in [9.17, 15) is 22.8 Å². The highest BCUT2D eigenvalue weighted by Gasteiger charge is 2.43. The van der Waals surface area contributed by atoms with E-state index in [0.29, 0.717) is 22.5 Å². The van der Waals surface area contributed by atoms with Crippen molar-refractivity contribution in [1.29, 1.82) is 0 Å². The van der Waals surface area contributed by atoms with E-state index in [4.69, 9.17) is 4.74 Å². The van der Waals surface area contributed by atoms with Gasteiger partial charge in [-0.2, -0.15) is 13.2 Å². The number of nitrogens with zero attached hydrogens (tertiary/aromatic N) is 1. The standard InChI is InChI=1S/C21H16F3NO3/c1-12-3-2-4-15(9-12)25-17-11-28-20(27)19(17)16(10-18(25)26)13-5-7-14(8-6-13)21(22,23)24/h2-9,16H,10-11H2,1H3. The summed E-state index contributed by atoms with van der Waals surface area (Å²) in [6.07, 6.45) is -4.47. The lowest BCUT2D eigenvalue weighted by Gasteiger charge is -2.32. The molecule has 0 bridgehead atoms. The Morgan fingerprint density at radius 1 is 1.07 bits per heavy atom. The molecular weight excluding hydrogens is 371 g/mol. The highest BCUT2D eigenvalue weighted by molar-refractivity contribution is 6.06. The second-order valence-electron chi connectivity index (χ2n) is 6.88. The number of cyclic esters (lactones) is 1. The smallest absolute Gasteiger partial charge is 0.416 e. The van der Waals surface area contributed by atoms with Crippen LogP contribution in [0, 0.1) is 6.92 Å². The van der Waals surface area contributed by atoms with Gasteiger partial charge in [0.05, 0.1) is 16.8 Å². The first-order valence-electron chi connectivity index (χ1n) is 8.72. The second-order valence-corrected chi connectivity index (χ2v) is 6.88. The molecule has 2 aromatic carbocycles. The number of ether oxygens (including phenoxy) is 1. The van der Waals surface area contributed by atoms with Crippen LogP contribution >= 0.6 is 0 Å². The Kier molecular flexibility index (Phi) is 4.25. The summed E-state index contributed by atoms with van der Waals surface area (Å²) in [6.45, 7) is 1.86. The molecule has 2 aliphatic rings. The highest BCUT2D eigenvalue weighted by Crippen LogP contribution is 2.42. The summed E-state index contributed by atoms with van der Waals surface area (Å²) >= 11 is 0. The minimum atomic E-state index is -4.44. The number of hydrogen-bond donors (Lipinski definition) is 0. The van der Waals surface area contributed by atoms with E-state index >= 15 is 0 Å². The zero-order valence-electron chi connectivity index (χ0n) is 14.9. The molecule has 2 heterocycles. The van der Waals surface area contributed by atoms with Gasteiger partial charge in [-0.05, 0) is 42.3 Å². The molecule has 4 rings (SSSR count). The number of halogens is 3. The van der Waals surface area contributed by atoms with E-state index in [-0.39, 0.29) is 18.9 Å². The molecule has 0 spiro atoms. The summed E-state index contributed by atoms with van der Waals surface area (Å²) in [6, 6.07) is 11.9. The van der Waals surface area contributed by atoms with Gasteiger partial charge < -0.3 is 4.74 Å². The minimum Gasteiger partial charge on any atom is -0.456 e. The molecule has 0 saturated heterocycles. The van der Waals surface area contributed by atoms with Crippen molar-refractivity contribution < 1.29 is 27.5 Å². The molecule has 1 atom stereocenters. The molecule has 0 radical (unpaired) electrons. The lowest BCUT2D eigenvalue weighted by molar-refractivity contribution is -0.138. The number of carbonyl (C=O) groups is 2. The fraction of sp³-hybridized carbons (Fsp3) is 0.238. The van der Waals surface area contributed by atoms with Gasteiger partial charge in [-0.25, -0.2) is 4.79 Å². The molecule has 0 aliphatic carbocycles. The maximum absolute atomic E-state index is 12.9. The van der Waals surface area contributed by atoms with E-state index in [1.807, 2.05) is 25.1 Å². The summed E-state index contributed by atoms with van der Waals surface area (Å²) in [4.78, 5) is 26.8. The number of aryl methyl sites for hydroxylation is 1. The lowest BCUT2D eigenvalue weighted by atomic mass is 9.84. The van der Waals surface area contributed by atoms with Gasteiger partial charge in [0.15, 0.2) is 0 Å². The molecule has 7 heteroatoms. The summed E-state index contributed by atoms with van der Waals surface area (Å²) in [5.41, 5.74) is 2.10. The van der Waals surface area contributed by atoms with Crippen molar-refractivity contribution in [2.45, 2.75) is 25.4 Å². The Bertz CT molecular complexity index is 993. The average molecular weight is 387 g/mol. The number of carbonyl (C=O) groups excluding carboxylic acids is 2. The Labute approximate surface area is 159 Å². The van der Waals surface area contributed by atoms with Crippen LogP contribution in [0.25, 0.3) is 0 Å². The Morgan fingerprint density at radius 3 is 2.43 bits per heavy atom. The van der Waals surface area contributed by atoms with Crippen LogP contribution in [0.5, 0.6) is 0 Å². The van der Waals surface area contributed by atoms with Gasteiger partial charge in [-0.3, -0.25) is 9.69 Å². The molecule has 2 aliphatic heterocycles. The molecule has 144 valence electrons. The van der Waals surface area contributed by atoms with Crippen LogP contribution in [0.4, 0.5) is 18.9 Å². The molecule has 0 aromatic heterocycles. The van der Waals surface area contributed by atoms with Gasteiger partial charge in [0.25, 0.3) is 0 Å². The number of benzene rings is 2. The van der Waals surface area contributed by atoms with Crippen molar-refractivity contribution in [2.75, 3.05) is 11.5 Å². The molecule has 2 aromatic rings. The molecular formula is C21H16F3NO3. The van der Waals surface area contributed by atoms with Crippen molar-refractivity contribution in [3.05, 3.63) is 76.5 Å². The first kappa shape index (κ1) is 18.3. The maximum atomic E-state index is 12.9. The molecule has 0 fully saturated rings. The van der Waals surface area contributed by atoms with Gasteiger partial charge in [0, 0.05) is 18.0 Å². The van der Waals surface area contributed by atoms with Crippen molar-refractivity contribution in [3.63, 3.8) is 0 Å². The fourth-order valence-electron chi connectivity index (χ4n) is 3.71. The largest absolute Gasteiger partial charge is 0.456 e. The molecule has 0 saturated carbocycles. The maximum Gasteiger partial charge on any atom is 0.416 e. The molecule has 4 nitrogen and oxygen atoms in total. The zero-order chi connectivity index (χ0) is 20.1. The summed E-state index contributed by atoms with van der Waals surface area (Å²) in [7, 11) is 0. The first-order chi connectivity index (χ1) is 13.3. The summed E-state index contributed by atoms with van der Waals surface area (Å²) < 4.78 is 43.7. The van der Waals surface area contributed by atoms with Gasteiger partial charge >= 0.3 is 12.1 Å². The van der Waals surface area contributed by atoms with Gasteiger partial charge in [-0.1, -0.05) is 24.3 Å². The third-order valence-electron chi connectivity index (χ3n) is 5.02. The number of hydrogen-bond acceptors (Lipinski definition) is 3. The summed E-state index contributed by atoms with van der Waals surface area (Å²) in [5, 5.41) is 0. The Morgan fingerprint density at radius 2 is 1.79 bits per heavy atom. The number of esters is 1. The van der Waals surface area contributed by atoms with Crippen LogP contribution in [0.2, 0.25) is 0 Å². The van der Waals surface area contributed by atoms with E-state index in [2.05, 4.69) is 0 Å². The Balaban J connectivity index is 1.77. The zero-order valence-corrected chi connectivity index (χ0v) is 14.9. The first-order valence-corrected chi connectivity index (χ1v) is 8.72. The van der Waals surface area contributed by atoms with Gasteiger partial charge in [-0.15, -0.1) is 0 Å². The number of anilines is 1. The number of amides is 1. The predicted octanol–water partition coefficient (Wildman–Crippen LogP) is 4.35. The van der Waals surface area contributed by atoms with Crippen molar-refractivity contribution in [3.8, 4) is 0 Å². The summed E-state index contributed by atoms with van der Waals surface area (Å²) in [5.74, 6) is -1.39. The normalized spacial score (nSPS) is 19.7. The topological polar surface area (TPSA) is 46.6 Å². The number of rotatable bonds is 2. The average Bonchev–Trinajstić information content (AvgIpc) is 3.02. The third kappa shape index (κ3) is 3.06. The number of alkyl halides is 3. The van der Waals surface area contributed by atoms with Gasteiger partial charge in [0.1, 0.15) is 6.61 Å². The lowest BCUT2D eigenvalue weighted by Crippen LogP contribution is -2.37. The van der Waals surface area contributed by atoms with Crippen LogP contribution in [-0.4, -0.2) is 18.5 Å². The van der Waals surface area contributed by atoms with E-state index in [1.165, 1.54) is 17.0 Å². The van der Waals surface area contributed by atoms with Crippen molar-refractivity contribution in [2.24, 2.45) is 0 Å². The van der Waals surface area contributed by atoms with E-state index in [1.54, 1.807) is 6.07 Å². The molecule has 0 N–H and O–H groups in total. The molecule has 1 unspecified atom stereocenters. The second kappa shape index (κ2) is 6.51. The minimum absolute atomic E-state index is 0.0206. The Hall–Kier alpha value is -3.09. The van der Waals surface area contributed by atoms with E-state index in [0.717, 1.165) is 17.7 Å². The van der Waals surface area contributed by atoms with Crippen LogP contribution in [0.3, 0.4) is 0 Å². The SMILES string of the molecule is Cc1cccc(N2C(=O)CC(c3ccc(C(F)(F)F)cc3)C3=C2COC3=O)c1. The predicted molar refractivity (Wildman–Crippen MR) is 95.5 cm³/mol. The van der Waals surface area contributed by atoms with Crippen LogP contribution in [-0.2, 0) is 20.5 Å². The monoisotopic (exact) mass is 387 g/mol. The van der Waals surface area contributed by atoms with Crippen molar-refractivity contribution >= 4 is 17.6 Å². The highest BCUT2D eigenvalue weighted by atomic mass is 19.4. The van der Waals surface area contributed by atoms with Crippen LogP contribution in [0.15, 0.2) is 59.8 Å². The van der Waals surface area contributed by atoms with Gasteiger partial charge in [0.2, 0.25) is 5.91 Å². The molecule has 1 amide bonds. The van der Waals surface area contributed by atoms with Crippen LogP contribution in [0.1, 0.15) is 29.0 Å². The van der Waals surface area contributed by atoms with Crippen molar-refractivity contribution in [1.82, 2.24) is 0 Å². The van der Waals surface area contributed by atoms with Crippen LogP contribution < -0.4 is 4.90 Å². The third-order valence-corrected chi connectivity index (χ3v) is 5.02. The fourth-order valence-corrected chi connectivity index (χ4v) is 3.71. The van der Waals surface area contributed by atoms with E-state index < -0.39 is 23.6 Å². The quantitative estimate of drug-likeness (QED) is 0.720. The molecule has 28 heavy (non-hydrogen) atoms.